The van der Waals surface area contributed by atoms with Crippen molar-refractivity contribution in [3.8, 4) is 17.5 Å². The van der Waals surface area contributed by atoms with Gasteiger partial charge in [-0.2, -0.15) is 10.2 Å². The van der Waals surface area contributed by atoms with Crippen LogP contribution in [-0.2, 0) is 0 Å². The maximum atomic E-state index is 15.6. The van der Waals surface area contributed by atoms with Gasteiger partial charge in [0.1, 0.15) is 29.7 Å². The van der Waals surface area contributed by atoms with Crippen molar-refractivity contribution in [2.75, 3.05) is 50.1 Å². The van der Waals surface area contributed by atoms with Crippen LogP contribution in [0.3, 0.4) is 0 Å². The summed E-state index contributed by atoms with van der Waals surface area (Å²) in [6, 6.07) is 5.48. The lowest BCUT2D eigenvalue weighted by atomic mass is 9.97. The van der Waals surface area contributed by atoms with Gasteiger partial charge in [0.2, 0.25) is 5.95 Å². The van der Waals surface area contributed by atoms with Crippen molar-refractivity contribution in [3.05, 3.63) is 47.4 Å². The molecule has 3 aromatic rings. The Kier molecular flexibility index (Phi) is 9.44. The number of piperidine rings is 2. The molecule has 4 aliphatic rings. The zero-order valence-electron chi connectivity index (χ0n) is 29.0. The number of hydrogen-bond donors (Lipinski definition) is 2. The normalized spacial score (nSPS) is 20.5. The number of ether oxygens (including phenoxy) is 1. The van der Waals surface area contributed by atoms with Gasteiger partial charge in [0.15, 0.2) is 11.5 Å². The lowest BCUT2D eigenvalue weighted by molar-refractivity contribution is 0.0753. The number of benzene rings is 1. The van der Waals surface area contributed by atoms with Crippen molar-refractivity contribution < 1.29 is 13.9 Å². The molecule has 1 saturated carbocycles. The number of rotatable bonds is 10. The van der Waals surface area contributed by atoms with Gasteiger partial charge in [0.25, 0.3) is 5.91 Å². The fourth-order valence-electron chi connectivity index (χ4n) is 7.93. The summed E-state index contributed by atoms with van der Waals surface area (Å²) in [7, 11) is 1.49. The number of fused-ring (bicyclic) bond motifs is 3. The first-order chi connectivity index (χ1) is 23.8. The minimum absolute atomic E-state index is 0.00176. The Morgan fingerprint density at radius 3 is 2.51 bits per heavy atom. The van der Waals surface area contributed by atoms with Gasteiger partial charge in [-0.25, -0.2) is 14.4 Å². The summed E-state index contributed by atoms with van der Waals surface area (Å²) in [6.45, 7) is 11.8. The van der Waals surface area contributed by atoms with E-state index in [-0.39, 0.29) is 29.6 Å². The summed E-state index contributed by atoms with van der Waals surface area (Å²) in [5, 5.41) is 15.9. The Morgan fingerprint density at radius 1 is 1.10 bits per heavy atom. The molecule has 7 rings (SSSR count). The Hall–Kier alpha value is -4.28. The molecule has 3 aliphatic heterocycles. The molecule has 3 fully saturated rings. The molecule has 2 N–H and O–H groups in total. The van der Waals surface area contributed by atoms with Crippen LogP contribution in [0, 0.1) is 23.1 Å². The van der Waals surface area contributed by atoms with E-state index < -0.39 is 11.7 Å². The van der Waals surface area contributed by atoms with Crippen LogP contribution in [-0.4, -0.2) is 93.2 Å². The highest BCUT2D eigenvalue weighted by molar-refractivity contribution is 5.96. The van der Waals surface area contributed by atoms with Crippen molar-refractivity contribution in [2.45, 2.75) is 89.9 Å². The van der Waals surface area contributed by atoms with Gasteiger partial charge >= 0.3 is 0 Å². The van der Waals surface area contributed by atoms with Crippen molar-refractivity contribution in [2.24, 2.45) is 5.92 Å². The molecule has 1 aliphatic carbocycles. The van der Waals surface area contributed by atoms with Crippen LogP contribution in [0.25, 0.3) is 5.69 Å². The van der Waals surface area contributed by atoms with Crippen LogP contribution in [0.1, 0.15) is 93.5 Å². The van der Waals surface area contributed by atoms with Crippen molar-refractivity contribution in [1.29, 1.82) is 5.26 Å². The predicted molar refractivity (Wildman–Crippen MR) is 185 cm³/mol. The molecule has 0 radical (unpaired) electrons. The van der Waals surface area contributed by atoms with Crippen LogP contribution in [0.2, 0.25) is 0 Å². The number of nitriles is 1. The second kappa shape index (κ2) is 13.9. The van der Waals surface area contributed by atoms with Crippen LogP contribution in [0.5, 0.6) is 5.75 Å². The molecule has 12 nitrogen and oxygen atoms in total. The largest absolute Gasteiger partial charge is 0.495 e. The number of nitrogens with zero attached hydrogens (tertiary/aromatic N) is 8. The zero-order valence-corrected chi connectivity index (χ0v) is 29.0. The first-order valence-corrected chi connectivity index (χ1v) is 17.8. The number of halogens is 1. The van der Waals surface area contributed by atoms with Crippen LogP contribution < -0.4 is 20.3 Å². The summed E-state index contributed by atoms with van der Waals surface area (Å²) in [6.07, 6.45) is 11.0. The molecule has 0 spiro atoms. The van der Waals surface area contributed by atoms with E-state index in [0.717, 1.165) is 44.0 Å². The second-order valence-corrected chi connectivity index (χ2v) is 14.2. The first-order valence-electron chi connectivity index (χ1n) is 17.8. The maximum absolute atomic E-state index is 15.6. The number of likely N-dealkylation sites (tertiary alicyclic amines) is 2. The summed E-state index contributed by atoms with van der Waals surface area (Å²) >= 11 is 0. The third-order valence-corrected chi connectivity index (χ3v) is 10.7. The van der Waals surface area contributed by atoms with Gasteiger partial charge < -0.3 is 30.1 Å². The molecule has 260 valence electrons. The number of carbonyl (C=O) groups is 1. The fourth-order valence-corrected chi connectivity index (χ4v) is 7.93. The topological polar surface area (TPSA) is 127 Å². The molecular weight excluding hydrogens is 623 g/mol. The van der Waals surface area contributed by atoms with E-state index in [2.05, 4.69) is 62.1 Å². The second-order valence-electron chi connectivity index (χ2n) is 14.2. The van der Waals surface area contributed by atoms with Crippen molar-refractivity contribution >= 4 is 23.4 Å². The number of amides is 1. The van der Waals surface area contributed by atoms with Crippen LogP contribution in [0.4, 0.5) is 21.8 Å². The van der Waals surface area contributed by atoms with E-state index in [1.165, 1.54) is 64.6 Å². The van der Waals surface area contributed by atoms with Crippen molar-refractivity contribution in [1.82, 2.24) is 34.6 Å². The van der Waals surface area contributed by atoms with E-state index in [9.17, 15) is 10.1 Å². The van der Waals surface area contributed by atoms with Gasteiger partial charge in [-0.3, -0.25) is 9.36 Å². The Balaban J connectivity index is 1.02. The maximum Gasteiger partial charge on any atom is 0.254 e. The van der Waals surface area contributed by atoms with Gasteiger partial charge in [-0.05, 0) is 83.9 Å². The monoisotopic (exact) mass is 670 g/mol. The van der Waals surface area contributed by atoms with E-state index in [1.807, 2.05) is 4.57 Å². The van der Waals surface area contributed by atoms with Gasteiger partial charge in [0.05, 0.1) is 36.3 Å². The molecule has 0 bridgehead atoms. The average Bonchev–Trinajstić information content (AvgIpc) is 3.82. The van der Waals surface area contributed by atoms with E-state index in [4.69, 9.17) is 9.72 Å². The molecule has 1 atom stereocenters. The minimum Gasteiger partial charge on any atom is -0.495 e. The summed E-state index contributed by atoms with van der Waals surface area (Å²) < 4.78 is 23.1. The Labute approximate surface area is 287 Å². The zero-order chi connectivity index (χ0) is 34.2. The number of carbonyl (C=O) groups excluding carboxylic acids is 1. The first kappa shape index (κ1) is 33.2. The van der Waals surface area contributed by atoms with Gasteiger partial charge in [-0.1, -0.05) is 6.92 Å². The van der Waals surface area contributed by atoms with Gasteiger partial charge in [-0.15, -0.1) is 0 Å². The van der Waals surface area contributed by atoms with Crippen LogP contribution in [0.15, 0.2) is 24.7 Å². The number of anilines is 3. The average molecular weight is 671 g/mol. The van der Waals surface area contributed by atoms with Gasteiger partial charge in [0, 0.05) is 43.8 Å². The molecule has 13 heteroatoms. The quantitative estimate of drug-likeness (QED) is 0.298. The molecule has 5 heterocycles. The van der Waals surface area contributed by atoms with Crippen molar-refractivity contribution in [3.63, 3.8) is 0 Å². The fraction of sp³-hybridized carbons (Fsp3) is 0.583. The Morgan fingerprint density at radius 2 is 1.86 bits per heavy atom. The highest BCUT2D eigenvalue weighted by atomic mass is 19.1. The van der Waals surface area contributed by atoms with E-state index in [0.29, 0.717) is 34.7 Å². The summed E-state index contributed by atoms with van der Waals surface area (Å²) in [5.41, 5.74) is 2.16. The molecular formula is C36H47FN10O2. The highest BCUT2D eigenvalue weighted by Gasteiger charge is 2.36. The molecule has 49 heavy (non-hydrogen) atoms. The third-order valence-electron chi connectivity index (χ3n) is 10.7. The number of nitrogens with one attached hydrogen (secondary N) is 2. The number of methoxy groups -OCH3 is 1. The summed E-state index contributed by atoms with van der Waals surface area (Å²) in [4.78, 5) is 34.4. The third kappa shape index (κ3) is 6.68. The van der Waals surface area contributed by atoms with E-state index in [1.54, 1.807) is 12.5 Å². The highest BCUT2D eigenvalue weighted by Crippen LogP contribution is 2.42. The minimum atomic E-state index is -0.656. The molecule has 2 aromatic heterocycles. The Bertz CT molecular complexity index is 1720. The SMILES string of the molecule is CCC1c2c(C#N)ncn2-c2cnc(Nc3cc(F)c(C(=O)NC4CCN(C5CCN(CC6CC6)CC5)CC4)cc3OC)nc2N1C(C)C. The smallest absolute Gasteiger partial charge is 0.254 e. The summed E-state index contributed by atoms with van der Waals surface area (Å²) in [5.74, 6) is 1.07. The lowest BCUT2D eigenvalue weighted by Gasteiger charge is -2.42. The lowest BCUT2D eigenvalue weighted by Crippen LogP contribution is -2.51. The van der Waals surface area contributed by atoms with Crippen LogP contribution >= 0.6 is 0 Å². The molecule has 2 saturated heterocycles. The predicted octanol–water partition coefficient (Wildman–Crippen LogP) is 5.17. The molecule has 1 amide bonds. The van der Waals surface area contributed by atoms with E-state index >= 15 is 4.39 Å². The number of hydrogen-bond acceptors (Lipinski definition) is 10. The molecule has 1 unspecified atom stereocenters. The molecule has 1 aromatic carbocycles. The number of aromatic nitrogens is 4. The number of imidazole rings is 1. The standard InChI is InChI=1S/C36H47FN10O2/c1-5-30-33-29(18-38)40-21-46(33)31-19-39-36(43-34(31)47(30)22(2)3)42-28-17-27(37)26(16-32(28)49-4)35(48)41-24-8-14-45(15-9-24)25-10-12-44(13-11-25)20-23-6-7-23/h16-17,19,21-25,30H,5-15,20H2,1-4H3,(H,41,48)(H,39,42,43).